The minimum absolute atomic E-state index is 0. The molecule has 1 radical (unpaired) electrons. The van der Waals surface area contributed by atoms with Crippen molar-refractivity contribution >= 4 is 77.3 Å². The van der Waals surface area contributed by atoms with Crippen LogP contribution in [0.15, 0.2) is 200 Å². The first-order valence-corrected chi connectivity index (χ1v) is 27.2. The molecule has 6 heteroatoms. The zero-order valence-corrected chi connectivity index (χ0v) is 42.8. The fourth-order valence-corrected chi connectivity index (χ4v) is 12.3. The van der Waals surface area contributed by atoms with Crippen LogP contribution in [-0.2, 0) is 20.1 Å². The molecule has 3 nitrogen and oxygen atoms in total. The van der Waals surface area contributed by atoms with Gasteiger partial charge in [0.1, 0.15) is 0 Å². The zero-order valence-electron chi connectivity index (χ0n) is 39.6. The normalized spacial score (nSPS) is 12.0. The van der Waals surface area contributed by atoms with Gasteiger partial charge in [-0.2, -0.15) is 11.3 Å². The predicted octanol–water partition coefficient (Wildman–Crippen LogP) is 16.7. The second-order valence-electron chi connectivity index (χ2n) is 18.4. The van der Waals surface area contributed by atoms with Gasteiger partial charge in [0.2, 0.25) is 0 Å². The summed E-state index contributed by atoms with van der Waals surface area (Å²) in [6.45, 7) is 10.8. The fraction of sp³-hybridized carbons (Fsp3) is 0.0968. The molecule has 0 aliphatic rings. The van der Waals surface area contributed by atoms with E-state index in [2.05, 4.69) is 211 Å². The van der Waals surface area contributed by atoms with E-state index in [1.165, 1.54) is 63.8 Å². The summed E-state index contributed by atoms with van der Waals surface area (Å²) in [5.74, 6) is 0.286. The van der Waals surface area contributed by atoms with Crippen LogP contribution in [0.1, 0.15) is 26.7 Å². The first-order valence-electron chi connectivity index (χ1n) is 23.4. The average Bonchev–Trinajstić information content (AvgIpc) is 3.96. The van der Waals surface area contributed by atoms with Crippen LogP contribution in [0.25, 0.3) is 103 Å². The fourth-order valence-electron chi connectivity index (χ4n) is 9.46. The third-order valence-electron chi connectivity index (χ3n) is 12.8. The molecule has 3 aromatic heterocycles. The van der Waals surface area contributed by atoms with Gasteiger partial charge in [-0.05, 0) is 78.4 Å². The number of aromatic nitrogens is 3. The average molecular weight is 1090 g/mol. The largest absolute Gasteiger partial charge is 0.333 e. The van der Waals surface area contributed by atoms with Crippen LogP contribution in [0.2, 0.25) is 19.6 Å². The summed E-state index contributed by atoms with van der Waals surface area (Å²) in [5.41, 5.74) is 11.9. The summed E-state index contributed by atoms with van der Waals surface area (Å²) >= 11 is 1.83. The van der Waals surface area contributed by atoms with Crippen LogP contribution >= 0.6 is 11.3 Å². The van der Waals surface area contributed by atoms with Gasteiger partial charge in [-0.1, -0.05) is 201 Å². The van der Waals surface area contributed by atoms with E-state index < -0.39 is 14.0 Å². The Morgan fingerprint density at radius 1 is 0.632 bits per heavy atom. The van der Waals surface area contributed by atoms with Crippen molar-refractivity contribution in [2.75, 3.05) is 0 Å². The molecule has 0 spiro atoms. The molecular weight excluding hydrogens is 1040 g/mol. The maximum Gasteiger partial charge on any atom is 0.0852 e. The number of hydrogen-bond acceptors (Lipinski definition) is 3. The van der Waals surface area contributed by atoms with Crippen molar-refractivity contribution in [3.8, 4) is 50.6 Å². The molecule has 0 aliphatic heterocycles. The van der Waals surface area contributed by atoms with Gasteiger partial charge < -0.3 is 9.55 Å². The predicted molar refractivity (Wildman–Crippen MR) is 290 cm³/mol. The number of hydrogen-bond donors (Lipinski definition) is 0. The number of rotatable bonds is 7. The topological polar surface area (TPSA) is 30.7 Å². The smallest absolute Gasteiger partial charge is 0.0852 e. The Bertz CT molecular complexity index is 3820. The number of fused-ring (bicyclic) bond motifs is 8. The van der Waals surface area contributed by atoms with Crippen molar-refractivity contribution in [2.45, 2.75) is 39.4 Å². The van der Waals surface area contributed by atoms with Crippen molar-refractivity contribution in [3.05, 3.63) is 218 Å². The molecule has 12 aromatic rings. The SMILES string of the molecule is [2H]C(C)(C)c1cc(-c2[c-]cccc2)ncc1[Si](C)(C)C.[Ir].[c-]1cc(-c2ccccc2)c2c(sc3ccccc32)c1-c1nc2c3ccc4ccccc4c3ccc2n1-c1cccc(-c2ccccc2)c1. The van der Waals surface area contributed by atoms with Gasteiger partial charge in [-0.3, -0.25) is 4.98 Å². The maximum absolute atomic E-state index is 8.44. The maximum atomic E-state index is 8.44. The zero-order chi connectivity index (χ0) is 46.6. The van der Waals surface area contributed by atoms with E-state index >= 15 is 0 Å². The second-order valence-corrected chi connectivity index (χ2v) is 24.5. The molecule has 0 fully saturated rings. The van der Waals surface area contributed by atoms with E-state index in [1.807, 2.05) is 55.6 Å². The molecule has 0 aliphatic carbocycles. The summed E-state index contributed by atoms with van der Waals surface area (Å²) in [4.78, 5) is 10.2. The van der Waals surface area contributed by atoms with E-state index in [0.717, 1.165) is 50.3 Å². The Morgan fingerprint density at radius 2 is 1.32 bits per heavy atom. The molecule has 9 aromatic carbocycles. The van der Waals surface area contributed by atoms with E-state index in [-0.39, 0.29) is 20.1 Å². The molecule has 0 saturated heterocycles. The van der Waals surface area contributed by atoms with Gasteiger partial charge in [-0.15, -0.1) is 48.0 Å². The van der Waals surface area contributed by atoms with E-state index in [9.17, 15) is 0 Å². The van der Waals surface area contributed by atoms with E-state index in [0.29, 0.717) is 0 Å². The molecule has 68 heavy (non-hydrogen) atoms. The second kappa shape index (κ2) is 18.7. The van der Waals surface area contributed by atoms with Crippen LogP contribution in [0.4, 0.5) is 0 Å². The van der Waals surface area contributed by atoms with Gasteiger partial charge in [0.05, 0.1) is 24.9 Å². The van der Waals surface area contributed by atoms with Crippen molar-refractivity contribution in [1.82, 2.24) is 14.5 Å². The first-order chi connectivity index (χ1) is 33.0. The summed E-state index contributed by atoms with van der Waals surface area (Å²) in [6.07, 6.45) is 1.98. The molecular formula is C62H49IrN3SSi-2. The summed E-state index contributed by atoms with van der Waals surface area (Å²) in [5, 5.41) is 8.63. The third kappa shape index (κ3) is 8.33. The van der Waals surface area contributed by atoms with Crippen molar-refractivity contribution in [2.24, 2.45) is 0 Å². The molecule has 0 saturated carbocycles. The van der Waals surface area contributed by atoms with Gasteiger partial charge in [0.15, 0.2) is 0 Å². The molecule has 0 amide bonds. The van der Waals surface area contributed by atoms with Crippen molar-refractivity contribution in [3.63, 3.8) is 0 Å². The van der Waals surface area contributed by atoms with Gasteiger partial charge in [-0.25, -0.2) is 0 Å². The minimum Gasteiger partial charge on any atom is -0.333 e. The molecule has 12 rings (SSSR count). The summed E-state index contributed by atoms with van der Waals surface area (Å²) in [6, 6.07) is 75.5. The standard InChI is InChI=1S/C45H27N2S.C17H22NSi.Ir/c1-3-12-29(13-4-1)32-17-11-18-33(28-32)47-40-27-26-36-34-19-8-7-16-31(34)22-23-37(36)43(40)46-45(47)39-25-24-35(30-14-5-2-6-15-30)42-38-20-9-10-21-41(38)48-44(39)42;1-13(2)15-11-16(14-9-7-6-8-10-14)18-12-17(15)19(3,4)5;/h1-24,26-28H;6-9,11-13H,1-5H3;/q2*-1;/i;13D;. The van der Waals surface area contributed by atoms with Crippen LogP contribution in [0, 0.1) is 12.1 Å². The van der Waals surface area contributed by atoms with Gasteiger partial charge in [0, 0.05) is 43.4 Å². The number of pyridine rings is 1. The number of benzene rings is 9. The Morgan fingerprint density at radius 3 is 2.07 bits per heavy atom. The number of nitrogens with zero attached hydrogens (tertiary/aromatic N) is 3. The summed E-state index contributed by atoms with van der Waals surface area (Å²) in [7, 11) is -1.50. The molecule has 333 valence electrons. The molecule has 0 N–H and O–H groups in total. The Labute approximate surface area is 418 Å². The number of thiophene rings is 1. The van der Waals surface area contributed by atoms with Crippen LogP contribution in [0.5, 0.6) is 0 Å². The Hall–Kier alpha value is -6.79. The minimum atomic E-state index is -1.50. The van der Waals surface area contributed by atoms with Gasteiger partial charge >= 0.3 is 0 Å². The first kappa shape index (κ1) is 43.8. The van der Waals surface area contributed by atoms with Crippen molar-refractivity contribution < 1.29 is 21.5 Å². The number of imidazole rings is 1. The Balaban J connectivity index is 0.000000223. The Kier molecular flexibility index (Phi) is 12.0. The van der Waals surface area contributed by atoms with Crippen LogP contribution in [-0.4, -0.2) is 22.6 Å². The van der Waals surface area contributed by atoms with E-state index in [4.69, 9.17) is 6.35 Å². The molecule has 3 heterocycles. The van der Waals surface area contributed by atoms with Gasteiger partial charge in [0.25, 0.3) is 0 Å². The molecule has 0 atom stereocenters. The van der Waals surface area contributed by atoms with E-state index in [1.54, 1.807) is 0 Å². The monoisotopic (exact) mass is 1090 g/mol. The summed E-state index contributed by atoms with van der Waals surface area (Å²) < 4.78 is 13.2. The molecule has 0 bridgehead atoms. The molecule has 0 unspecified atom stereocenters. The quantitative estimate of drug-likeness (QED) is 0.0905. The van der Waals surface area contributed by atoms with Crippen molar-refractivity contribution in [1.29, 1.82) is 0 Å². The van der Waals surface area contributed by atoms with Crippen LogP contribution < -0.4 is 5.19 Å². The third-order valence-corrected chi connectivity index (χ3v) is 16.0. The van der Waals surface area contributed by atoms with Crippen LogP contribution in [0.3, 0.4) is 0 Å².